The molecule has 3 heterocycles. The number of carboxylic acid groups (broad SMARTS) is 3. The Hall–Kier alpha value is -3.06. The van der Waals surface area contributed by atoms with Crippen molar-refractivity contribution in [2.75, 3.05) is 19.6 Å². The summed E-state index contributed by atoms with van der Waals surface area (Å²) in [6, 6.07) is 5.07. The SMILES string of the molecule is C=Cn1cc(CN(Cc2cccs2)CC2CCCN2CC)c(C)n1.O=C(O)CC(O)(CC(=O)O)C(=O)O. The van der Waals surface area contributed by atoms with Gasteiger partial charge in [0.05, 0.1) is 18.5 Å². The molecule has 1 atom stereocenters. The third-order valence-corrected chi connectivity index (χ3v) is 7.08. The molecular formula is C25H36N4O7S. The van der Waals surface area contributed by atoms with Gasteiger partial charge >= 0.3 is 17.9 Å². The van der Waals surface area contributed by atoms with Gasteiger partial charge in [-0.3, -0.25) is 19.4 Å². The lowest BCUT2D eigenvalue weighted by atomic mass is 9.96. The summed E-state index contributed by atoms with van der Waals surface area (Å²) in [6.07, 6.45) is 4.23. The maximum Gasteiger partial charge on any atom is 0.336 e. The normalized spacial score (nSPS) is 15.8. The maximum absolute atomic E-state index is 10.3. The Bertz CT molecular complexity index is 1040. The van der Waals surface area contributed by atoms with E-state index in [0.29, 0.717) is 6.04 Å². The molecule has 2 aromatic rings. The molecule has 0 spiro atoms. The number of carboxylic acids is 3. The van der Waals surface area contributed by atoms with Gasteiger partial charge in [-0.2, -0.15) is 5.10 Å². The monoisotopic (exact) mass is 536 g/mol. The molecule has 204 valence electrons. The number of likely N-dealkylation sites (N-methyl/N-ethyl adjacent to an activating group) is 1. The third-order valence-electron chi connectivity index (χ3n) is 6.22. The average Bonchev–Trinajstić information content (AvgIpc) is 3.55. The summed E-state index contributed by atoms with van der Waals surface area (Å²) in [5.74, 6) is -5.02. The molecule has 4 N–H and O–H groups in total. The Kier molecular flexibility index (Phi) is 11.4. The van der Waals surface area contributed by atoms with Gasteiger partial charge in [0.15, 0.2) is 5.60 Å². The molecule has 0 amide bonds. The number of aliphatic hydroxyl groups is 1. The third kappa shape index (κ3) is 9.39. The van der Waals surface area contributed by atoms with Gasteiger partial charge in [0.2, 0.25) is 0 Å². The molecule has 1 saturated heterocycles. The number of carbonyl (C=O) groups is 3. The molecule has 12 heteroatoms. The van der Waals surface area contributed by atoms with Gasteiger partial charge in [0.1, 0.15) is 0 Å². The van der Waals surface area contributed by atoms with Crippen LogP contribution >= 0.6 is 11.3 Å². The van der Waals surface area contributed by atoms with E-state index in [2.05, 4.69) is 59.0 Å². The summed E-state index contributed by atoms with van der Waals surface area (Å²) >= 11 is 1.85. The quantitative estimate of drug-likeness (QED) is 0.300. The van der Waals surface area contributed by atoms with Crippen molar-refractivity contribution >= 4 is 35.4 Å². The van der Waals surface area contributed by atoms with Gasteiger partial charge in [0.25, 0.3) is 0 Å². The molecule has 0 aromatic carbocycles. The van der Waals surface area contributed by atoms with E-state index in [0.717, 1.165) is 31.9 Å². The van der Waals surface area contributed by atoms with Gasteiger partial charge in [-0.1, -0.05) is 19.6 Å². The average molecular weight is 537 g/mol. The van der Waals surface area contributed by atoms with Crippen molar-refractivity contribution < 1.29 is 34.8 Å². The van der Waals surface area contributed by atoms with Crippen LogP contribution in [0.1, 0.15) is 48.7 Å². The minimum atomic E-state index is -2.74. The lowest BCUT2D eigenvalue weighted by Gasteiger charge is -2.30. The predicted molar refractivity (Wildman–Crippen MR) is 139 cm³/mol. The molecular weight excluding hydrogens is 500 g/mol. The fourth-order valence-electron chi connectivity index (χ4n) is 4.35. The summed E-state index contributed by atoms with van der Waals surface area (Å²) in [6.45, 7) is 13.7. The van der Waals surface area contributed by atoms with Gasteiger partial charge in [-0.15, -0.1) is 11.3 Å². The molecule has 2 aromatic heterocycles. The van der Waals surface area contributed by atoms with Crippen molar-refractivity contribution in [2.24, 2.45) is 0 Å². The molecule has 11 nitrogen and oxygen atoms in total. The van der Waals surface area contributed by atoms with E-state index in [1.807, 2.05) is 16.0 Å². The highest BCUT2D eigenvalue weighted by Crippen LogP contribution is 2.22. The fraction of sp³-hybridized carbons (Fsp3) is 0.520. The first-order chi connectivity index (χ1) is 17.5. The maximum atomic E-state index is 10.3. The molecule has 37 heavy (non-hydrogen) atoms. The molecule has 1 fully saturated rings. The van der Waals surface area contributed by atoms with Gasteiger partial charge in [-0.05, 0) is 44.3 Å². The zero-order valence-electron chi connectivity index (χ0n) is 21.2. The zero-order chi connectivity index (χ0) is 27.6. The molecule has 3 rings (SSSR count). The second-order valence-corrected chi connectivity index (χ2v) is 10.1. The number of rotatable bonds is 13. The first-order valence-corrected chi connectivity index (χ1v) is 12.9. The first-order valence-electron chi connectivity index (χ1n) is 12.0. The summed E-state index contributed by atoms with van der Waals surface area (Å²) < 4.78 is 1.82. The number of hydrogen-bond acceptors (Lipinski definition) is 8. The van der Waals surface area contributed by atoms with Crippen LogP contribution in [0.4, 0.5) is 0 Å². The molecule has 0 aliphatic carbocycles. The highest BCUT2D eigenvalue weighted by atomic mass is 32.1. The summed E-state index contributed by atoms with van der Waals surface area (Å²) in [5.41, 5.74) is -0.338. The van der Waals surface area contributed by atoms with Crippen molar-refractivity contribution in [2.45, 2.75) is 64.3 Å². The van der Waals surface area contributed by atoms with Crippen molar-refractivity contribution in [3.05, 3.63) is 46.4 Å². The highest BCUT2D eigenvalue weighted by Gasteiger charge is 2.40. The van der Waals surface area contributed by atoms with Crippen LogP contribution in [0.3, 0.4) is 0 Å². The van der Waals surface area contributed by atoms with E-state index in [1.54, 1.807) is 6.20 Å². The van der Waals surface area contributed by atoms with Crippen LogP contribution in [0.5, 0.6) is 0 Å². The second kappa shape index (κ2) is 14.0. The van der Waals surface area contributed by atoms with Crippen molar-refractivity contribution in [1.82, 2.24) is 19.6 Å². The Morgan fingerprint density at radius 2 is 1.92 bits per heavy atom. The van der Waals surface area contributed by atoms with E-state index in [-0.39, 0.29) is 0 Å². The standard InChI is InChI=1S/C19H28N4S.C6H8O7/c1-4-22-10-6-8-18(22)14-21(15-19-9-7-11-24-19)12-17-13-23(5-2)20-16(17)3;7-3(8)1-6(13,5(11)12)2-4(9)10/h5,7,9,11,13,18H,2,4,6,8,10,12,14-15H2,1,3H3;13H,1-2H2,(H,7,8)(H,9,10)(H,11,12). The van der Waals surface area contributed by atoms with E-state index in [4.69, 9.17) is 20.4 Å². The lowest BCUT2D eigenvalue weighted by Crippen LogP contribution is -2.42. The van der Waals surface area contributed by atoms with Crippen LogP contribution in [0.2, 0.25) is 0 Å². The van der Waals surface area contributed by atoms with Gasteiger partial charge < -0.3 is 20.4 Å². The Balaban J connectivity index is 0.000000317. The minimum Gasteiger partial charge on any atom is -0.481 e. The number of thiophene rings is 1. The van der Waals surface area contributed by atoms with Crippen molar-refractivity contribution in [3.8, 4) is 0 Å². The Morgan fingerprint density at radius 3 is 2.41 bits per heavy atom. The van der Waals surface area contributed by atoms with Gasteiger partial charge in [-0.25, -0.2) is 9.48 Å². The van der Waals surface area contributed by atoms with Gasteiger partial charge in [0, 0.05) is 48.5 Å². The van der Waals surface area contributed by atoms with Crippen LogP contribution in [0.25, 0.3) is 6.20 Å². The number of aromatic nitrogens is 2. The summed E-state index contributed by atoms with van der Waals surface area (Å²) in [7, 11) is 0. The number of hydrogen-bond donors (Lipinski definition) is 4. The van der Waals surface area contributed by atoms with Crippen LogP contribution in [-0.4, -0.2) is 89.2 Å². The van der Waals surface area contributed by atoms with Crippen molar-refractivity contribution in [3.63, 3.8) is 0 Å². The highest BCUT2D eigenvalue weighted by molar-refractivity contribution is 7.09. The first kappa shape index (κ1) is 30.2. The largest absolute Gasteiger partial charge is 0.481 e. The number of nitrogens with zero attached hydrogens (tertiary/aromatic N) is 4. The summed E-state index contributed by atoms with van der Waals surface area (Å²) in [4.78, 5) is 37.1. The predicted octanol–water partition coefficient (Wildman–Crippen LogP) is 2.59. The Morgan fingerprint density at radius 1 is 1.24 bits per heavy atom. The molecule has 1 aliphatic rings. The van der Waals surface area contributed by atoms with Crippen LogP contribution in [0, 0.1) is 6.92 Å². The van der Waals surface area contributed by atoms with E-state index >= 15 is 0 Å². The van der Waals surface area contributed by atoms with Crippen LogP contribution in [0.15, 0.2) is 30.3 Å². The summed E-state index contributed by atoms with van der Waals surface area (Å²) in [5, 5.41) is 40.5. The van der Waals surface area contributed by atoms with Crippen LogP contribution < -0.4 is 0 Å². The van der Waals surface area contributed by atoms with Crippen LogP contribution in [-0.2, 0) is 27.5 Å². The smallest absolute Gasteiger partial charge is 0.336 e. The van der Waals surface area contributed by atoms with E-state index < -0.39 is 36.4 Å². The van der Waals surface area contributed by atoms with Crippen molar-refractivity contribution in [1.29, 1.82) is 0 Å². The topological polar surface area (TPSA) is 156 Å². The molecule has 1 aliphatic heterocycles. The second-order valence-electron chi connectivity index (χ2n) is 9.05. The lowest BCUT2D eigenvalue weighted by molar-refractivity contribution is -0.170. The minimum absolute atomic E-state index is 0.685. The zero-order valence-corrected chi connectivity index (χ0v) is 22.1. The molecule has 0 saturated carbocycles. The molecule has 0 radical (unpaired) electrons. The fourth-order valence-corrected chi connectivity index (χ4v) is 5.09. The Labute approximate surface area is 220 Å². The van der Waals surface area contributed by atoms with E-state index in [9.17, 15) is 14.4 Å². The number of aryl methyl sites for hydroxylation is 1. The number of aliphatic carboxylic acids is 3. The van der Waals surface area contributed by atoms with E-state index in [1.165, 1.54) is 29.8 Å². The molecule has 0 bridgehead atoms. The molecule has 1 unspecified atom stereocenters. The number of likely N-dealkylation sites (tertiary alicyclic amines) is 1.